The second kappa shape index (κ2) is 9.27. The number of hydrogen-bond acceptors (Lipinski definition) is 4. The van der Waals surface area contributed by atoms with Gasteiger partial charge >= 0.3 is 12.5 Å². The zero-order valence-electron chi connectivity index (χ0n) is 14.8. The first-order valence-electron chi connectivity index (χ1n) is 7.98. The van der Waals surface area contributed by atoms with Crippen LogP contribution in [0.1, 0.15) is 5.56 Å². The highest BCUT2D eigenvalue weighted by Gasteiger charge is 2.31. The Morgan fingerprint density at radius 1 is 0.900 bits per heavy atom. The number of benzene rings is 2. The van der Waals surface area contributed by atoms with Gasteiger partial charge in [0.2, 0.25) is 10.0 Å². The summed E-state index contributed by atoms with van der Waals surface area (Å²) >= 11 is 0. The molecule has 0 heterocycles. The molecule has 0 radical (unpaired) electrons. The first-order valence-corrected chi connectivity index (χ1v) is 9.46. The fourth-order valence-corrected chi connectivity index (χ4v) is 2.95. The van der Waals surface area contributed by atoms with Crippen molar-refractivity contribution in [3.63, 3.8) is 0 Å². The molecule has 5 nitrogen and oxygen atoms in total. The van der Waals surface area contributed by atoms with Crippen LogP contribution in [0.25, 0.3) is 0 Å². The molecule has 12 heteroatoms. The molecule has 0 saturated heterocycles. The Hall–Kier alpha value is -2.91. The third-order valence-electron chi connectivity index (χ3n) is 3.32. The zero-order chi connectivity index (χ0) is 22.4. The van der Waals surface area contributed by atoms with Gasteiger partial charge in [0.1, 0.15) is 18.1 Å². The lowest BCUT2D eigenvalue weighted by atomic mass is 10.2. The average molecular weight is 453 g/mol. The minimum atomic E-state index is -4.90. The predicted octanol–water partition coefficient (Wildman–Crippen LogP) is 3.96. The monoisotopic (exact) mass is 453 g/mol. The predicted molar refractivity (Wildman–Crippen MR) is 93.0 cm³/mol. The zero-order valence-corrected chi connectivity index (χ0v) is 15.7. The molecule has 0 amide bonds. The minimum absolute atomic E-state index is 0.0547. The van der Waals surface area contributed by atoms with Gasteiger partial charge in [0.15, 0.2) is 0 Å². The molecule has 0 aliphatic carbocycles. The Morgan fingerprint density at radius 3 is 2.17 bits per heavy atom. The van der Waals surface area contributed by atoms with Crippen LogP contribution in [-0.4, -0.2) is 27.9 Å². The molecule has 0 fully saturated rings. The Bertz CT molecular complexity index is 1020. The van der Waals surface area contributed by atoms with E-state index >= 15 is 0 Å². The van der Waals surface area contributed by atoms with Crippen LogP contribution < -0.4 is 14.2 Å². The summed E-state index contributed by atoms with van der Waals surface area (Å²) in [5, 5.41) is 0. The number of alkyl halides is 6. The fraction of sp³-hybridized carbons (Fsp3) is 0.222. The van der Waals surface area contributed by atoms with Crippen molar-refractivity contribution in [2.75, 3.05) is 13.2 Å². The van der Waals surface area contributed by atoms with E-state index in [9.17, 15) is 34.8 Å². The number of sulfonamides is 1. The van der Waals surface area contributed by atoms with Gasteiger partial charge in [-0.3, -0.25) is 0 Å². The van der Waals surface area contributed by atoms with E-state index in [2.05, 4.69) is 21.3 Å². The van der Waals surface area contributed by atoms with Crippen LogP contribution in [-0.2, 0) is 16.2 Å². The van der Waals surface area contributed by atoms with Crippen LogP contribution in [0, 0.1) is 11.8 Å². The summed E-state index contributed by atoms with van der Waals surface area (Å²) in [7, 11) is -4.04. The van der Waals surface area contributed by atoms with E-state index in [4.69, 9.17) is 4.74 Å². The molecule has 0 aliphatic heterocycles. The van der Waals surface area contributed by atoms with Gasteiger partial charge in [0, 0.05) is 0 Å². The van der Waals surface area contributed by atoms with Crippen molar-refractivity contribution in [2.45, 2.75) is 17.4 Å². The summed E-state index contributed by atoms with van der Waals surface area (Å²) < 4.78 is 109. The van der Waals surface area contributed by atoms with Crippen molar-refractivity contribution in [1.82, 2.24) is 4.72 Å². The third kappa shape index (κ3) is 7.49. The van der Waals surface area contributed by atoms with Crippen LogP contribution in [0.3, 0.4) is 0 Å². The van der Waals surface area contributed by atoms with Crippen molar-refractivity contribution in [3.8, 4) is 23.3 Å². The Balaban J connectivity index is 1.86. The molecule has 0 unspecified atom stereocenters. The topological polar surface area (TPSA) is 64.6 Å². The van der Waals surface area contributed by atoms with E-state index < -0.39 is 33.9 Å². The Morgan fingerprint density at radius 2 is 1.57 bits per heavy atom. The maximum absolute atomic E-state index is 12.6. The van der Waals surface area contributed by atoms with Gasteiger partial charge < -0.3 is 9.47 Å². The summed E-state index contributed by atoms with van der Waals surface area (Å²) in [4.78, 5) is -0.306. The van der Waals surface area contributed by atoms with Crippen molar-refractivity contribution < 1.29 is 44.2 Å². The summed E-state index contributed by atoms with van der Waals surface area (Å²) in [6.07, 6.45) is -9.41. The number of ether oxygens (including phenoxy) is 2. The molecule has 0 spiro atoms. The standard InChI is InChI=1S/C18H13F6NO4S/c19-17(20,21)13-4-3-5-15(12-13)28-11-2-1-10-25-30(26,27)16-8-6-14(7-9-16)29-18(22,23)24/h3-9,12,25H,10-11H2. The average Bonchev–Trinajstić information content (AvgIpc) is 2.63. The smallest absolute Gasteiger partial charge is 0.481 e. The van der Waals surface area contributed by atoms with Crippen LogP contribution in [0.4, 0.5) is 26.3 Å². The van der Waals surface area contributed by atoms with Gasteiger partial charge in [-0.25, -0.2) is 8.42 Å². The molecule has 30 heavy (non-hydrogen) atoms. The molecule has 0 atom stereocenters. The third-order valence-corrected chi connectivity index (χ3v) is 4.73. The number of hydrogen-bond donors (Lipinski definition) is 1. The molecule has 2 rings (SSSR count). The molecule has 162 valence electrons. The normalized spacial score (nSPS) is 12.1. The molecular weight excluding hydrogens is 440 g/mol. The van der Waals surface area contributed by atoms with Gasteiger partial charge in [0.05, 0.1) is 17.0 Å². The lowest BCUT2D eigenvalue weighted by Gasteiger charge is -2.09. The molecule has 0 aromatic heterocycles. The Labute approximate surface area is 167 Å². The first-order chi connectivity index (χ1) is 13.9. The van der Waals surface area contributed by atoms with E-state index in [0.717, 1.165) is 36.4 Å². The fourth-order valence-electron chi connectivity index (χ4n) is 2.03. The summed E-state index contributed by atoms with van der Waals surface area (Å²) in [5.41, 5.74) is -0.882. The van der Waals surface area contributed by atoms with E-state index in [1.54, 1.807) is 0 Å². The van der Waals surface area contributed by atoms with E-state index in [1.807, 2.05) is 0 Å². The second-order valence-corrected chi connectivity index (χ2v) is 7.28. The number of nitrogens with one attached hydrogen (secondary N) is 1. The lowest BCUT2D eigenvalue weighted by Crippen LogP contribution is -2.24. The van der Waals surface area contributed by atoms with Crippen LogP contribution in [0.2, 0.25) is 0 Å². The van der Waals surface area contributed by atoms with Gasteiger partial charge in [-0.05, 0) is 42.5 Å². The van der Waals surface area contributed by atoms with Crippen molar-refractivity contribution >= 4 is 10.0 Å². The largest absolute Gasteiger partial charge is 0.573 e. The summed E-state index contributed by atoms with van der Waals surface area (Å²) in [6, 6.07) is 7.70. The molecule has 0 saturated carbocycles. The maximum Gasteiger partial charge on any atom is 0.573 e. The van der Waals surface area contributed by atoms with E-state index in [1.165, 1.54) is 12.1 Å². The number of rotatable bonds is 6. The van der Waals surface area contributed by atoms with Gasteiger partial charge in [-0.2, -0.15) is 17.9 Å². The van der Waals surface area contributed by atoms with Crippen molar-refractivity contribution in [2.24, 2.45) is 0 Å². The van der Waals surface area contributed by atoms with E-state index in [-0.39, 0.29) is 23.8 Å². The van der Waals surface area contributed by atoms with Crippen LogP contribution in [0.15, 0.2) is 53.4 Å². The van der Waals surface area contributed by atoms with Gasteiger partial charge in [0.25, 0.3) is 0 Å². The summed E-state index contributed by atoms with van der Waals surface area (Å²) in [5.74, 6) is 4.20. The lowest BCUT2D eigenvalue weighted by molar-refractivity contribution is -0.274. The molecular formula is C18H13F6NO4S. The highest BCUT2D eigenvalue weighted by Crippen LogP contribution is 2.31. The highest BCUT2D eigenvalue weighted by atomic mass is 32.2. The quantitative estimate of drug-likeness (QED) is 0.531. The van der Waals surface area contributed by atoms with Crippen LogP contribution >= 0.6 is 0 Å². The first kappa shape index (κ1) is 23.4. The van der Waals surface area contributed by atoms with E-state index in [0.29, 0.717) is 0 Å². The number of halogens is 6. The summed E-state index contributed by atoms with van der Waals surface area (Å²) in [6.45, 7) is -0.637. The SMILES string of the molecule is O=S(=O)(NCC#CCOc1cccc(C(F)(F)F)c1)c1ccc(OC(F)(F)F)cc1. The highest BCUT2D eigenvalue weighted by molar-refractivity contribution is 7.89. The Kier molecular flexibility index (Phi) is 7.22. The molecule has 0 aliphatic rings. The van der Waals surface area contributed by atoms with Crippen molar-refractivity contribution in [3.05, 3.63) is 54.1 Å². The van der Waals surface area contributed by atoms with Crippen LogP contribution in [0.5, 0.6) is 11.5 Å². The molecule has 2 aromatic rings. The maximum atomic E-state index is 12.6. The van der Waals surface area contributed by atoms with Gasteiger partial charge in [-0.1, -0.05) is 17.9 Å². The van der Waals surface area contributed by atoms with Gasteiger partial charge in [-0.15, -0.1) is 13.2 Å². The molecule has 0 bridgehead atoms. The van der Waals surface area contributed by atoms with Crippen molar-refractivity contribution in [1.29, 1.82) is 0 Å². The second-order valence-electron chi connectivity index (χ2n) is 5.51. The molecule has 2 aromatic carbocycles. The minimum Gasteiger partial charge on any atom is -0.481 e. The molecule has 1 N–H and O–H groups in total.